The van der Waals surface area contributed by atoms with Gasteiger partial charge in [-0.05, 0) is 52.8 Å². The number of benzene rings is 6. The molecule has 2 atom stereocenters. The molecular formula is C57H61N4O6Pd-. The summed E-state index contributed by atoms with van der Waals surface area (Å²) < 4.78 is 0. The van der Waals surface area contributed by atoms with Gasteiger partial charge >= 0.3 is 11.9 Å². The van der Waals surface area contributed by atoms with E-state index in [0.717, 1.165) is 47.2 Å². The van der Waals surface area contributed by atoms with E-state index in [2.05, 4.69) is 21.9 Å². The number of hydrogen-bond donors (Lipinski definition) is 2. The molecule has 2 heterocycles. The average Bonchev–Trinajstić information content (AvgIpc) is 3.36. The van der Waals surface area contributed by atoms with Crippen molar-refractivity contribution in [2.45, 2.75) is 36.8 Å². The maximum Gasteiger partial charge on any atom is 0.327 e. The first-order valence-electron chi connectivity index (χ1n) is 22.7. The second kappa shape index (κ2) is 26.8. The van der Waals surface area contributed by atoms with Gasteiger partial charge in [0.05, 0.1) is 11.8 Å². The van der Waals surface area contributed by atoms with Crippen LogP contribution in [0, 0.1) is 7.43 Å². The Balaban J connectivity index is 0.000000247. The number of carboxylic acid groups (broad SMARTS) is 2. The largest absolute Gasteiger partial charge is 0.480 e. The quantitative estimate of drug-likeness (QED) is 0.0776. The number of carbonyl (C=O) groups is 4. The van der Waals surface area contributed by atoms with E-state index >= 15 is 0 Å². The van der Waals surface area contributed by atoms with Gasteiger partial charge < -0.3 is 27.4 Å². The summed E-state index contributed by atoms with van der Waals surface area (Å²) >= 11 is 0. The normalized spacial score (nSPS) is 16.3. The standard InChI is InChI=1S/C28H30N2O3.C28H28N2O3.CH3.Pd/c2*31-27(26(23-14-6-2-7-15-23)24-16-8-3-9-17-24)30-20-19-29(21-25(30)28(32)33)18-10-13-22-11-4-1-5-12-22;;/h1-9,11-12,14-17,25-26H,10,13,18-21H2,(H,32,33);1-17,25-26H,18-21H2,(H,32,33);1H3;/q;;-1;/b;13-10+;;/t2*25-;;/m00../s1. The number of aliphatic carboxylic acids is 2. The van der Waals surface area contributed by atoms with Crippen molar-refractivity contribution < 1.29 is 49.8 Å². The third-order valence-corrected chi connectivity index (χ3v) is 12.3. The minimum Gasteiger partial charge on any atom is -0.480 e. The number of hydrogen-bond acceptors (Lipinski definition) is 6. The van der Waals surface area contributed by atoms with Gasteiger partial charge in [-0.3, -0.25) is 19.4 Å². The van der Waals surface area contributed by atoms with Gasteiger partial charge in [-0.25, -0.2) is 9.59 Å². The summed E-state index contributed by atoms with van der Waals surface area (Å²) in [5.74, 6) is -3.28. The molecule has 2 amide bonds. The fourth-order valence-electron chi connectivity index (χ4n) is 8.92. The SMILES string of the molecule is O=C(O)[C@@H]1CN(C/C=C/c2ccccc2)CCN1C(=O)C(c1ccccc1)c1ccccc1.O=C(O)[C@@H]1CN(CCCc2ccccc2)CCN1C(=O)C(c1ccccc1)c1ccccc1.[CH3-].[Pd]. The maximum atomic E-state index is 13.8. The zero-order valence-corrected chi connectivity index (χ0v) is 40.0. The number of carbonyl (C=O) groups excluding carboxylic acids is 2. The van der Waals surface area contributed by atoms with Crippen LogP contribution in [0.2, 0.25) is 0 Å². The smallest absolute Gasteiger partial charge is 0.327 e. The third kappa shape index (κ3) is 14.3. The van der Waals surface area contributed by atoms with E-state index < -0.39 is 35.9 Å². The Morgan fingerprint density at radius 2 is 0.853 bits per heavy atom. The Morgan fingerprint density at radius 1 is 0.500 bits per heavy atom. The molecular weight excluding hydrogens is 943 g/mol. The van der Waals surface area contributed by atoms with Gasteiger partial charge in [0.2, 0.25) is 11.8 Å². The van der Waals surface area contributed by atoms with Crippen LogP contribution in [0.3, 0.4) is 0 Å². The number of nitrogens with zero attached hydrogens (tertiary/aromatic N) is 4. The van der Waals surface area contributed by atoms with Crippen molar-refractivity contribution >= 4 is 29.8 Å². The molecule has 0 aromatic heterocycles. The van der Waals surface area contributed by atoms with E-state index in [1.54, 1.807) is 9.80 Å². The molecule has 10 nitrogen and oxygen atoms in total. The molecule has 2 N–H and O–H groups in total. The number of carboxylic acids is 2. The monoisotopic (exact) mass is 1000 g/mol. The van der Waals surface area contributed by atoms with Crippen molar-refractivity contribution in [2.24, 2.45) is 0 Å². The molecule has 0 spiro atoms. The average molecular weight is 1000 g/mol. The van der Waals surface area contributed by atoms with Gasteiger partial charge in [-0.15, -0.1) is 0 Å². The Morgan fingerprint density at radius 3 is 1.25 bits per heavy atom. The number of rotatable bonds is 15. The van der Waals surface area contributed by atoms with Crippen LogP contribution in [0.25, 0.3) is 6.08 Å². The minimum atomic E-state index is -0.972. The van der Waals surface area contributed by atoms with E-state index in [0.29, 0.717) is 45.8 Å². The van der Waals surface area contributed by atoms with Gasteiger partial charge in [0.15, 0.2) is 0 Å². The topological polar surface area (TPSA) is 122 Å². The Bertz CT molecular complexity index is 2400. The van der Waals surface area contributed by atoms with Crippen LogP contribution in [0.15, 0.2) is 188 Å². The van der Waals surface area contributed by atoms with E-state index in [9.17, 15) is 29.4 Å². The van der Waals surface area contributed by atoms with Crippen molar-refractivity contribution in [1.82, 2.24) is 19.6 Å². The van der Waals surface area contributed by atoms with Gasteiger partial charge in [0.1, 0.15) is 12.1 Å². The van der Waals surface area contributed by atoms with Crippen LogP contribution >= 0.6 is 0 Å². The summed E-state index contributed by atoms with van der Waals surface area (Å²) in [5.41, 5.74) is 5.88. The molecule has 2 aliphatic heterocycles. The summed E-state index contributed by atoms with van der Waals surface area (Å²) in [5, 5.41) is 19.9. The van der Waals surface area contributed by atoms with Crippen LogP contribution < -0.4 is 0 Å². The van der Waals surface area contributed by atoms with Crippen molar-refractivity contribution in [1.29, 1.82) is 0 Å². The molecule has 356 valence electrons. The summed E-state index contributed by atoms with van der Waals surface area (Å²) in [4.78, 5) is 59.2. The van der Waals surface area contributed by atoms with Crippen LogP contribution in [-0.4, -0.2) is 118 Å². The number of amides is 2. The Kier molecular flexibility index (Phi) is 20.7. The van der Waals surface area contributed by atoms with Gasteiger partial charge in [-0.2, -0.15) is 0 Å². The van der Waals surface area contributed by atoms with E-state index in [1.165, 1.54) is 5.56 Å². The molecule has 0 radical (unpaired) electrons. The molecule has 2 fully saturated rings. The molecule has 11 heteroatoms. The van der Waals surface area contributed by atoms with Crippen molar-refractivity contribution in [3.63, 3.8) is 0 Å². The summed E-state index contributed by atoms with van der Waals surface area (Å²) in [6, 6.07) is 57.0. The molecule has 68 heavy (non-hydrogen) atoms. The summed E-state index contributed by atoms with van der Waals surface area (Å²) in [6.45, 7) is 4.22. The van der Waals surface area contributed by atoms with E-state index in [4.69, 9.17) is 0 Å². The fourth-order valence-corrected chi connectivity index (χ4v) is 8.92. The zero-order chi connectivity index (χ0) is 46.1. The molecule has 8 rings (SSSR count). The van der Waals surface area contributed by atoms with E-state index in [1.807, 2.05) is 182 Å². The predicted octanol–water partition coefficient (Wildman–Crippen LogP) is 8.63. The minimum absolute atomic E-state index is 0. The van der Waals surface area contributed by atoms with Gasteiger partial charge in [0, 0.05) is 66.2 Å². The summed E-state index contributed by atoms with van der Waals surface area (Å²) in [7, 11) is 0. The third-order valence-electron chi connectivity index (χ3n) is 12.3. The predicted molar refractivity (Wildman–Crippen MR) is 265 cm³/mol. The van der Waals surface area contributed by atoms with Crippen molar-refractivity contribution in [2.75, 3.05) is 52.4 Å². The molecule has 6 aromatic carbocycles. The molecule has 2 aliphatic rings. The van der Waals surface area contributed by atoms with Gasteiger partial charge in [-0.1, -0.05) is 194 Å². The second-order valence-electron chi connectivity index (χ2n) is 16.7. The first kappa shape index (κ1) is 52.5. The van der Waals surface area contributed by atoms with Crippen molar-refractivity contribution in [3.05, 3.63) is 229 Å². The molecule has 0 bridgehead atoms. The van der Waals surface area contributed by atoms with E-state index in [-0.39, 0.29) is 39.7 Å². The van der Waals surface area contributed by atoms with Crippen molar-refractivity contribution in [3.8, 4) is 0 Å². The van der Waals surface area contributed by atoms with Crippen LogP contribution in [0.5, 0.6) is 0 Å². The van der Waals surface area contributed by atoms with Crippen LogP contribution in [-0.2, 0) is 46.0 Å². The zero-order valence-electron chi connectivity index (χ0n) is 38.5. The van der Waals surface area contributed by atoms with Crippen LogP contribution in [0.1, 0.15) is 51.6 Å². The number of piperazine rings is 2. The first-order chi connectivity index (χ1) is 32.3. The molecule has 0 saturated carbocycles. The Labute approximate surface area is 415 Å². The molecule has 0 aliphatic carbocycles. The molecule has 0 unspecified atom stereocenters. The fraction of sp³-hybridized carbons (Fsp3) is 0.246. The number of aryl methyl sites for hydroxylation is 1. The Hall–Kier alpha value is -6.48. The first-order valence-corrected chi connectivity index (χ1v) is 22.7. The summed E-state index contributed by atoms with van der Waals surface area (Å²) in [6.07, 6.45) is 6.00. The maximum absolute atomic E-state index is 13.8. The van der Waals surface area contributed by atoms with Crippen LogP contribution in [0.4, 0.5) is 0 Å². The molecule has 2 saturated heterocycles. The molecule has 6 aromatic rings. The second-order valence-corrected chi connectivity index (χ2v) is 16.7. The van der Waals surface area contributed by atoms with Gasteiger partial charge in [0.25, 0.3) is 0 Å².